The largest absolute Gasteiger partial charge is 0.316 e. The van der Waals surface area contributed by atoms with E-state index < -0.39 is 0 Å². The second-order valence-electron chi connectivity index (χ2n) is 4.12. The van der Waals surface area contributed by atoms with Crippen molar-refractivity contribution in [2.24, 2.45) is 5.92 Å². The Labute approximate surface area is 88.5 Å². The molecule has 0 atom stereocenters. The van der Waals surface area contributed by atoms with Crippen LogP contribution in [-0.4, -0.2) is 18.9 Å². The lowest BCUT2D eigenvalue weighted by Gasteiger charge is -2.26. The Hall–Kier alpha value is -1.22. The fourth-order valence-electron chi connectivity index (χ4n) is 1.69. The highest BCUT2D eigenvalue weighted by Crippen LogP contribution is 2.15. The molecule has 0 aliphatic carbocycles. The SMILES string of the molecule is Cc1cc(C(=O)CC2CNC2)ccc1F. The second kappa shape index (κ2) is 4.11. The van der Waals surface area contributed by atoms with Gasteiger partial charge in [-0.05, 0) is 49.7 Å². The number of halogens is 1. The first-order valence-corrected chi connectivity index (χ1v) is 5.17. The number of nitrogens with one attached hydrogen (secondary N) is 1. The topological polar surface area (TPSA) is 29.1 Å². The monoisotopic (exact) mass is 207 g/mol. The summed E-state index contributed by atoms with van der Waals surface area (Å²) in [6.45, 7) is 3.52. The Morgan fingerprint density at radius 3 is 2.80 bits per heavy atom. The molecule has 0 aromatic heterocycles. The first kappa shape index (κ1) is 10.3. The van der Waals surface area contributed by atoms with Crippen LogP contribution in [0.15, 0.2) is 18.2 Å². The Balaban J connectivity index is 2.07. The maximum Gasteiger partial charge on any atom is 0.163 e. The van der Waals surface area contributed by atoms with Crippen molar-refractivity contribution in [3.8, 4) is 0 Å². The molecule has 0 amide bonds. The molecule has 80 valence electrons. The quantitative estimate of drug-likeness (QED) is 0.767. The molecule has 1 saturated heterocycles. The molecule has 1 aromatic carbocycles. The summed E-state index contributed by atoms with van der Waals surface area (Å²) in [6.07, 6.45) is 0.568. The van der Waals surface area contributed by atoms with Crippen molar-refractivity contribution in [2.75, 3.05) is 13.1 Å². The molecule has 0 unspecified atom stereocenters. The minimum atomic E-state index is -0.253. The van der Waals surface area contributed by atoms with Gasteiger partial charge in [0, 0.05) is 12.0 Å². The summed E-state index contributed by atoms with van der Waals surface area (Å²) < 4.78 is 13.0. The molecule has 0 radical (unpaired) electrons. The number of benzene rings is 1. The third-order valence-electron chi connectivity index (χ3n) is 2.82. The molecule has 0 spiro atoms. The van der Waals surface area contributed by atoms with Gasteiger partial charge in [-0.3, -0.25) is 4.79 Å². The molecule has 2 rings (SSSR count). The van der Waals surface area contributed by atoms with E-state index in [0.717, 1.165) is 13.1 Å². The summed E-state index contributed by atoms with van der Waals surface area (Å²) in [5.41, 5.74) is 1.16. The Morgan fingerprint density at radius 1 is 1.53 bits per heavy atom. The number of aryl methyl sites for hydroxylation is 1. The molecule has 1 aliphatic rings. The highest BCUT2D eigenvalue weighted by Gasteiger charge is 2.20. The molecular formula is C12H14FNO. The van der Waals surface area contributed by atoms with E-state index in [-0.39, 0.29) is 11.6 Å². The third-order valence-corrected chi connectivity index (χ3v) is 2.82. The lowest BCUT2D eigenvalue weighted by Crippen LogP contribution is -2.42. The standard InChI is InChI=1S/C12H14FNO/c1-8-4-10(2-3-11(8)13)12(15)5-9-6-14-7-9/h2-4,9,14H,5-7H2,1H3. The fraction of sp³-hybridized carbons (Fsp3) is 0.417. The van der Waals surface area contributed by atoms with E-state index >= 15 is 0 Å². The second-order valence-corrected chi connectivity index (χ2v) is 4.12. The van der Waals surface area contributed by atoms with Crippen LogP contribution in [0.3, 0.4) is 0 Å². The average Bonchev–Trinajstić information content (AvgIpc) is 2.15. The van der Waals surface area contributed by atoms with Crippen molar-refractivity contribution in [2.45, 2.75) is 13.3 Å². The average molecular weight is 207 g/mol. The van der Waals surface area contributed by atoms with Gasteiger partial charge in [0.1, 0.15) is 5.82 Å². The van der Waals surface area contributed by atoms with Crippen LogP contribution in [0.1, 0.15) is 22.3 Å². The third kappa shape index (κ3) is 2.23. The van der Waals surface area contributed by atoms with Crippen molar-refractivity contribution in [1.82, 2.24) is 5.32 Å². The maximum absolute atomic E-state index is 13.0. The van der Waals surface area contributed by atoms with Gasteiger partial charge in [0.2, 0.25) is 0 Å². The number of rotatable bonds is 3. The van der Waals surface area contributed by atoms with E-state index in [2.05, 4.69) is 5.32 Å². The van der Waals surface area contributed by atoms with Gasteiger partial charge in [-0.15, -0.1) is 0 Å². The summed E-state index contributed by atoms with van der Waals surface area (Å²) in [7, 11) is 0. The molecule has 1 heterocycles. The van der Waals surface area contributed by atoms with Gasteiger partial charge >= 0.3 is 0 Å². The number of hydrogen-bond acceptors (Lipinski definition) is 2. The van der Waals surface area contributed by atoms with Crippen LogP contribution in [0, 0.1) is 18.7 Å². The van der Waals surface area contributed by atoms with Gasteiger partial charge in [-0.1, -0.05) is 0 Å². The van der Waals surface area contributed by atoms with Crippen LogP contribution in [0.2, 0.25) is 0 Å². The minimum absolute atomic E-state index is 0.115. The van der Waals surface area contributed by atoms with Gasteiger partial charge in [0.15, 0.2) is 5.78 Å². The normalized spacial score (nSPS) is 16.1. The van der Waals surface area contributed by atoms with Crippen molar-refractivity contribution in [3.05, 3.63) is 35.1 Å². The molecule has 1 aliphatic heterocycles. The van der Waals surface area contributed by atoms with Crippen LogP contribution >= 0.6 is 0 Å². The number of hydrogen-bond donors (Lipinski definition) is 1. The molecule has 1 aromatic rings. The van der Waals surface area contributed by atoms with Gasteiger partial charge in [0.05, 0.1) is 0 Å². The van der Waals surface area contributed by atoms with E-state index in [4.69, 9.17) is 0 Å². The summed E-state index contributed by atoms with van der Waals surface area (Å²) in [6, 6.07) is 4.56. The van der Waals surface area contributed by atoms with Gasteiger partial charge in [0.25, 0.3) is 0 Å². The van der Waals surface area contributed by atoms with Crippen molar-refractivity contribution >= 4 is 5.78 Å². The zero-order valence-corrected chi connectivity index (χ0v) is 8.72. The fourth-order valence-corrected chi connectivity index (χ4v) is 1.69. The summed E-state index contributed by atoms with van der Waals surface area (Å²) in [4.78, 5) is 11.8. The zero-order chi connectivity index (χ0) is 10.8. The summed E-state index contributed by atoms with van der Waals surface area (Å²) >= 11 is 0. The summed E-state index contributed by atoms with van der Waals surface area (Å²) in [5.74, 6) is 0.323. The molecule has 1 N–H and O–H groups in total. The lowest BCUT2D eigenvalue weighted by molar-refractivity contribution is 0.0945. The molecular weight excluding hydrogens is 193 g/mol. The lowest BCUT2D eigenvalue weighted by atomic mass is 9.93. The van der Waals surface area contributed by atoms with Gasteiger partial charge in [-0.2, -0.15) is 0 Å². The van der Waals surface area contributed by atoms with Gasteiger partial charge in [-0.25, -0.2) is 4.39 Å². The van der Waals surface area contributed by atoms with Crippen LogP contribution < -0.4 is 5.32 Å². The van der Waals surface area contributed by atoms with Crippen molar-refractivity contribution in [1.29, 1.82) is 0 Å². The van der Waals surface area contributed by atoms with E-state index in [9.17, 15) is 9.18 Å². The van der Waals surface area contributed by atoms with E-state index in [1.54, 1.807) is 19.1 Å². The number of carbonyl (C=O) groups excluding carboxylic acids is 1. The molecule has 0 bridgehead atoms. The van der Waals surface area contributed by atoms with E-state index in [0.29, 0.717) is 23.5 Å². The van der Waals surface area contributed by atoms with Crippen molar-refractivity contribution in [3.63, 3.8) is 0 Å². The highest BCUT2D eigenvalue weighted by molar-refractivity contribution is 5.96. The smallest absolute Gasteiger partial charge is 0.163 e. The maximum atomic E-state index is 13.0. The van der Waals surface area contributed by atoms with E-state index in [1.165, 1.54) is 6.07 Å². The van der Waals surface area contributed by atoms with Gasteiger partial charge < -0.3 is 5.32 Å². The Bertz CT molecular complexity index is 385. The van der Waals surface area contributed by atoms with E-state index in [1.807, 2.05) is 0 Å². The molecule has 15 heavy (non-hydrogen) atoms. The van der Waals surface area contributed by atoms with Crippen LogP contribution in [-0.2, 0) is 0 Å². The zero-order valence-electron chi connectivity index (χ0n) is 8.72. The molecule has 3 heteroatoms. The van der Waals surface area contributed by atoms with Crippen molar-refractivity contribution < 1.29 is 9.18 Å². The number of carbonyl (C=O) groups is 1. The van der Waals surface area contributed by atoms with Crippen LogP contribution in [0.5, 0.6) is 0 Å². The molecule has 2 nitrogen and oxygen atoms in total. The summed E-state index contributed by atoms with van der Waals surface area (Å²) in [5, 5.41) is 3.13. The number of Topliss-reactive ketones (excluding diaryl/α,β-unsaturated/α-hetero) is 1. The highest BCUT2D eigenvalue weighted by atomic mass is 19.1. The Kier molecular flexibility index (Phi) is 2.82. The first-order chi connectivity index (χ1) is 7.16. The molecule has 1 fully saturated rings. The van der Waals surface area contributed by atoms with Crippen LogP contribution in [0.25, 0.3) is 0 Å². The number of ketones is 1. The predicted octanol–water partition coefficient (Wildman–Crippen LogP) is 1.93. The Morgan fingerprint density at radius 2 is 2.27 bits per heavy atom. The first-order valence-electron chi connectivity index (χ1n) is 5.17. The predicted molar refractivity (Wildman–Crippen MR) is 56.4 cm³/mol. The molecule has 0 saturated carbocycles. The minimum Gasteiger partial charge on any atom is -0.316 e. The van der Waals surface area contributed by atoms with Crippen LogP contribution in [0.4, 0.5) is 4.39 Å².